The van der Waals surface area contributed by atoms with Gasteiger partial charge in [-0.05, 0) is 49.4 Å². The lowest BCUT2D eigenvalue weighted by atomic mass is 9.75. The first-order chi connectivity index (χ1) is 9.03. The maximum absolute atomic E-state index is 10.8. The van der Waals surface area contributed by atoms with Crippen LogP contribution in [-0.2, 0) is 6.42 Å². The molecule has 0 heterocycles. The van der Waals surface area contributed by atoms with Crippen LogP contribution < -0.4 is 4.74 Å². The van der Waals surface area contributed by atoms with E-state index in [4.69, 9.17) is 4.74 Å². The second kappa shape index (κ2) is 6.27. The zero-order valence-electron chi connectivity index (χ0n) is 11.8. The van der Waals surface area contributed by atoms with Gasteiger partial charge in [0.25, 0.3) is 0 Å². The predicted octanol–water partition coefficient (Wildman–Crippen LogP) is 4.33. The molecular weight excluding hydrogens is 304 g/mol. The zero-order valence-corrected chi connectivity index (χ0v) is 13.4. The van der Waals surface area contributed by atoms with Crippen molar-refractivity contribution >= 4 is 15.9 Å². The average Bonchev–Trinajstić information content (AvgIpc) is 2.39. The van der Waals surface area contributed by atoms with Gasteiger partial charge in [0.1, 0.15) is 5.75 Å². The summed E-state index contributed by atoms with van der Waals surface area (Å²) in [6.07, 6.45) is 6.74. The number of benzene rings is 1. The molecule has 1 aliphatic rings. The summed E-state index contributed by atoms with van der Waals surface area (Å²) in [5, 5.41) is 10.8. The van der Waals surface area contributed by atoms with E-state index in [-0.39, 0.29) is 0 Å². The van der Waals surface area contributed by atoms with E-state index < -0.39 is 5.60 Å². The van der Waals surface area contributed by atoms with Gasteiger partial charge < -0.3 is 9.84 Å². The lowest BCUT2D eigenvalue weighted by Gasteiger charge is -2.36. The second-order valence-corrected chi connectivity index (χ2v) is 6.74. The molecule has 3 heteroatoms. The molecule has 1 saturated carbocycles. The first kappa shape index (κ1) is 14.9. The van der Waals surface area contributed by atoms with E-state index in [9.17, 15) is 5.11 Å². The minimum Gasteiger partial charge on any atom is -0.496 e. The van der Waals surface area contributed by atoms with Crippen molar-refractivity contribution in [3.63, 3.8) is 0 Å². The Balaban J connectivity index is 2.16. The van der Waals surface area contributed by atoms with E-state index >= 15 is 0 Å². The molecule has 2 rings (SSSR count). The summed E-state index contributed by atoms with van der Waals surface area (Å²) in [4.78, 5) is 0. The molecule has 1 aromatic carbocycles. The van der Waals surface area contributed by atoms with Crippen LogP contribution in [0.25, 0.3) is 0 Å². The summed E-state index contributed by atoms with van der Waals surface area (Å²) >= 11 is 3.49. The monoisotopic (exact) mass is 326 g/mol. The molecule has 19 heavy (non-hydrogen) atoms. The average molecular weight is 327 g/mol. The van der Waals surface area contributed by atoms with Crippen LogP contribution in [0, 0.1) is 5.92 Å². The Bertz CT molecular complexity index is 423. The normalized spacial score (nSPS) is 20.0. The Morgan fingerprint density at radius 3 is 2.63 bits per heavy atom. The summed E-state index contributed by atoms with van der Waals surface area (Å²) in [6.45, 7) is 1.98. The second-order valence-electron chi connectivity index (χ2n) is 5.83. The van der Waals surface area contributed by atoms with Crippen molar-refractivity contribution < 1.29 is 9.84 Å². The predicted molar refractivity (Wildman–Crippen MR) is 81.6 cm³/mol. The summed E-state index contributed by atoms with van der Waals surface area (Å²) in [5.74, 6) is 1.27. The maximum Gasteiger partial charge on any atom is 0.122 e. The SMILES string of the molecule is COc1ccc(Br)cc1CC(C)(O)C1CCCCC1. The van der Waals surface area contributed by atoms with Gasteiger partial charge in [-0.25, -0.2) is 0 Å². The van der Waals surface area contributed by atoms with E-state index in [1.807, 2.05) is 19.1 Å². The van der Waals surface area contributed by atoms with Gasteiger partial charge in [-0.1, -0.05) is 35.2 Å². The Kier molecular flexibility index (Phi) is 4.91. The molecule has 1 N–H and O–H groups in total. The number of aliphatic hydroxyl groups is 1. The molecule has 1 aromatic rings. The zero-order chi connectivity index (χ0) is 13.9. The highest BCUT2D eigenvalue weighted by Gasteiger charge is 2.33. The number of ether oxygens (including phenoxy) is 1. The molecule has 0 spiro atoms. The van der Waals surface area contributed by atoms with Gasteiger partial charge in [0.15, 0.2) is 0 Å². The first-order valence-electron chi connectivity index (χ1n) is 7.08. The quantitative estimate of drug-likeness (QED) is 0.892. The third kappa shape index (κ3) is 3.73. The van der Waals surface area contributed by atoms with Gasteiger partial charge in [-0.15, -0.1) is 0 Å². The van der Waals surface area contributed by atoms with Crippen molar-refractivity contribution in [3.8, 4) is 5.75 Å². The van der Waals surface area contributed by atoms with Gasteiger partial charge >= 0.3 is 0 Å². The van der Waals surface area contributed by atoms with E-state index in [2.05, 4.69) is 22.0 Å². The molecule has 0 bridgehead atoms. The highest BCUT2D eigenvalue weighted by atomic mass is 79.9. The van der Waals surface area contributed by atoms with E-state index in [1.54, 1.807) is 7.11 Å². The lowest BCUT2D eigenvalue weighted by molar-refractivity contribution is -0.0163. The fourth-order valence-corrected chi connectivity index (χ4v) is 3.55. The molecular formula is C16H23BrO2. The van der Waals surface area contributed by atoms with Crippen molar-refractivity contribution in [1.82, 2.24) is 0 Å². The van der Waals surface area contributed by atoms with Crippen LogP contribution in [0.2, 0.25) is 0 Å². The minimum atomic E-state index is -0.644. The Labute approximate surface area is 124 Å². The number of hydrogen-bond acceptors (Lipinski definition) is 2. The topological polar surface area (TPSA) is 29.5 Å². The van der Waals surface area contributed by atoms with Crippen molar-refractivity contribution in [2.45, 2.75) is 51.0 Å². The largest absolute Gasteiger partial charge is 0.496 e. The van der Waals surface area contributed by atoms with Crippen LogP contribution in [-0.4, -0.2) is 17.8 Å². The van der Waals surface area contributed by atoms with Crippen LogP contribution in [0.15, 0.2) is 22.7 Å². The molecule has 0 aromatic heterocycles. The standard InChI is InChI=1S/C16H23BrO2/c1-16(18,13-6-4-3-5-7-13)11-12-10-14(17)8-9-15(12)19-2/h8-10,13,18H,3-7,11H2,1-2H3. The highest BCUT2D eigenvalue weighted by molar-refractivity contribution is 9.10. The maximum atomic E-state index is 10.8. The summed E-state index contributed by atoms with van der Waals surface area (Å²) in [6, 6.07) is 5.98. The van der Waals surface area contributed by atoms with Gasteiger partial charge in [-0.3, -0.25) is 0 Å². The van der Waals surface area contributed by atoms with Crippen molar-refractivity contribution in [3.05, 3.63) is 28.2 Å². The van der Waals surface area contributed by atoms with E-state index in [1.165, 1.54) is 19.3 Å². The van der Waals surface area contributed by atoms with Crippen molar-refractivity contribution in [2.24, 2.45) is 5.92 Å². The summed E-state index contributed by atoms with van der Waals surface area (Å²) in [7, 11) is 1.68. The molecule has 0 radical (unpaired) electrons. The highest BCUT2D eigenvalue weighted by Crippen LogP contribution is 2.36. The molecule has 2 nitrogen and oxygen atoms in total. The van der Waals surface area contributed by atoms with Gasteiger partial charge in [-0.2, -0.15) is 0 Å². The summed E-state index contributed by atoms with van der Waals surface area (Å²) < 4.78 is 6.43. The first-order valence-corrected chi connectivity index (χ1v) is 7.87. The third-order valence-electron chi connectivity index (χ3n) is 4.28. The van der Waals surface area contributed by atoms with Crippen molar-refractivity contribution in [2.75, 3.05) is 7.11 Å². The number of halogens is 1. The Morgan fingerprint density at radius 1 is 1.32 bits per heavy atom. The molecule has 1 unspecified atom stereocenters. The van der Waals surface area contributed by atoms with E-state index in [0.29, 0.717) is 12.3 Å². The van der Waals surface area contributed by atoms with E-state index in [0.717, 1.165) is 28.6 Å². The number of hydrogen-bond donors (Lipinski definition) is 1. The van der Waals surface area contributed by atoms with Gasteiger partial charge in [0, 0.05) is 10.9 Å². The molecule has 0 amide bonds. The third-order valence-corrected chi connectivity index (χ3v) is 4.77. The smallest absolute Gasteiger partial charge is 0.122 e. The van der Waals surface area contributed by atoms with Crippen LogP contribution in [0.5, 0.6) is 5.75 Å². The van der Waals surface area contributed by atoms with Gasteiger partial charge in [0.05, 0.1) is 12.7 Å². The Morgan fingerprint density at radius 2 is 2.00 bits per heavy atom. The van der Waals surface area contributed by atoms with Crippen molar-refractivity contribution in [1.29, 1.82) is 0 Å². The van der Waals surface area contributed by atoms with Crippen LogP contribution >= 0.6 is 15.9 Å². The molecule has 106 valence electrons. The molecule has 1 aliphatic carbocycles. The summed E-state index contributed by atoms with van der Waals surface area (Å²) in [5.41, 5.74) is 0.432. The molecule has 0 saturated heterocycles. The van der Waals surface area contributed by atoms with Gasteiger partial charge in [0.2, 0.25) is 0 Å². The molecule has 1 atom stereocenters. The lowest BCUT2D eigenvalue weighted by Crippen LogP contribution is -2.38. The van der Waals surface area contributed by atoms with Crippen LogP contribution in [0.3, 0.4) is 0 Å². The Hall–Kier alpha value is -0.540. The van der Waals surface area contributed by atoms with Crippen LogP contribution in [0.4, 0.5) is 0 Å². The number of rotatable bonds is 4. The number of methoxy groups -OCH3 is 1. The fraction of sp³-hybridized carbons (Fsp3) is 0.625. The molecule has 1 fully saturated rings. The van der Waals surface area contributed by atoms with Crippen LogP contribution in [0.1, 0.15) is 44.6 Å². The molecule has 0 aliphatic heterocycles. The fourth-order valence-electron chi connectivity index (χ4n) is 3.14. The minimum absolute atomic E-state index is 0.407.